The van der Waals surface area contributed by atoms with Crippen molar-refractivity contribution in [2.45, 2.75) is 49.5 Å². The van der Waals surface area contributed by atoms with E-state index in [4.69, 9.17) is 5.73 Å². The van der Waals surface area contributed by atoms with Gasteiger partial charge in [0.05, 0.1) is 24.8 Å². The van der Waals surface area contributed by atoms with Crippen molar-refractivity contribution < 1.29 is 40.9 Å². The average molecular weight is 1070 g/mol. The van der Waals surface area contributed by atoms with Crippen molar-refractivity contribution >= 4 is 61.0 Å². The number of sulfonamides is 2. The maximum atomic E-state index is 12.7. The molecule has 75 heavy (non-hydrogen) atoms. The second kappa shape index (κ2) is 23.7. The van der Waals surface area contributed by atoms with E-state index in [1.54, 1.807) is 76.0 Å². The molecule has 0 fully saturated rings. The maximum absolute atomic E-state index is 12.7. The lowest BCUT2D eigenvalue weighted by Crippen LogP contribution is -2.50. The minimum absolute atomic E-state index is 0.0760. The summed E-state index contributed by atoms with van der Waals surface area (Å²) in [6, 6.07) is 15.6. The lowest BCUT2D eigenvalue weighted by molar-refractivity contribution is -0.613. The number of aromatic nitrogens is 8. The van der Waals surface area contributed by atoms with Crippen LogP contribution >= 0.6 is 0 Å². The van der Waals surface area contributed by atoms with E-state index >= 15 is 0 Å². The van der Waals surface area contributed by atoms with Gasteiger partial charge in [-0.3, -0.25) is 23.6 Å². The molecule has 25 heteroatoms. The fraction of sp³-hybridized carbons (Fsp3) is 0.320. The lowest BCUT2D eigenvalue weighted by atomic mass is 9.97. The fourth-order valence-electron chi connectivity index (χ4n) is 7.26. The van der Waals surface area contributed by atoms with Crippen molar-refractivity contribution in [1.82, 2.24) is 48.4 Å². The Hall–Kier alpha value is -8.32. The number of nitrogen functional groups attached to an aromatic ring is 1. The summed E-state index contributed by atoms with van der Waals surface area (Å²) in [5.74, 6) is -0.225. The van der Waals surface area contributed by atoms with Gasteiger partial charge < -0.3 is 35.4 Å². The van der Waals surface area contributed by atoms with Crippen LogP contribution in [0.1, 0.15) is 71.6 Å². The molecule has 5 aromatic heterocycles. The number of nitrogens with two attached hydrogens (primary N) is 1. The summed E-state index contributed by atoms with van der Waals surface area (Å²) in [7, 11) is 8.06. The van der Waals surface area contributed by atoms with E-state index in [1.807, 2.05) is 81.4 Å². The van der Waals surface area contributed by atoms with Crippen LogP contribution in [0.5, 0.6) is 0 Å². The zero-order chi connectivity index (χ0) is 55.9. The Labute approximate surface area is 437 Å². The van der Waals surface area contributed by atoms with Crippen LogP contribution in [-0.4, -0.2) is 127 Å². The summed E-state index contributed by atoms with van der Waals surface area (Å²) in [5, 5.41) is 26.6. The summed E-state index contributed by atoms with van der Waals surface area (Å²) in [6.07, 6.45) is 11.5. The van der Waals surface area contributed by atoms with Crippen molar-refractivity contribution in [2.75, 3.05) is 58.2 Å². The molecule has 5 heterocycles. The zero-order valence-corrected chi connectivity index (χ0v) is 46.1. The number of benzene rings is 2. The molecule has 4 N–H and O–H groups in total. The van der Waals surface area contributed by atoms with Crippen molar-refractivity contribution in [3.05, 3.63) is 127 Å². The Morgan fingerprint density at radius 2 is 1.21 bits per heavy atom. The van der Waals surface area contributed by atoms with Crippen LogP contribution in [0.25, 0.3) is 22.3 Å². The fourth-order valence-corrected chi connectivity index (χ4v) is 9.11. The summed E-state index contributed by atoms with van der Waals surface area (Å²) in [4.78, 5) is 41.1. The molecule has 0 aliphatic heterocycles. The van der Waals surface area contributed by atoms with E-state index < -0.39 is 43.0 Å². The van der Waals surface area contributed by atoms with Crippen LogP contribution in [0.3, 0.4) is 0 Å². The van der Waals surface area contributed by atoms with Crippen molar-refractivity contribution in [1.29, 1.82) is 0 Å². The first kappa shape index (κ1) is 57.6. The molecule has 7 rings (SSSR count). The smallest absolute Gasteiger partial charge is 0.370 e. The van der Waals surface area contributed by atoms with Gasteiger partial charge in [-0.25, -0.2) is 14.1 Å². The van der Waals surface area contributed by atoms with E-state index in [2.05, 4.69) is 51.0 Å². The Kier molecular flexibility index (Phi) is 18.2. The van der Waals surface area contributed by atoms with Gasteiger partial charge in [0.15, 0.2) is 5.03 Å². The van der Waals surface area contributed by atoms with Crippen LogP contribution in [0.2, 0.25) is 0 Å². The SMILES string of the molecule is CC(C)c1ccc(-c2cnn(C)c2)cc1N.CC(C)c1ccc(-c2cnn(C)c2)cc1NC(=O)NS(=O)(=O)c1cc(C(=O)N(C)C)n(C)n1.CN(C)C(=O)c1cc(S(=O)(=O)N=C([O-])[n+]2ccc(N(C)C)cc2)cn1C. The van der Waals surface area contributed by atoms with Crippen LogP contribution in [0, 0.1) is 0 Å². The molecule has 0 radical (unpaired) electrons. The zero-order valence-electron chi connectivity index (χ0n) is 44.5. The number of pyridine rings is 1. The van der Waals surface area contributed by atoms with E-state index in [1.165, 1.54) is 51.6 Å². The Morgan fingerprint density at radius 3 is 1.69 bits per heavy atom. The first-order valence-electron chi connectivity index (χ1n) is 23.2. The lowest BCUT2D eigenvalue weighted by Gasteiger charge is -2.15. The van der Waals surface area contributed by atoms with Crippen LogP contribution < -0.4 is 30.3 Å². The third-order valence-corrected chi connectivity index (χ3v) is 13.8. The highest BCUT2D eigenvalue weighted by atomic mass is 32.2. The quantitative estimate of drug-likeness (QED) is 0.0677. The van der Waals surface area contributed by atoms with Crippen molar-refractivity contribution in [2.24, 2.45) is 32.6 Å². The standard InChI is InChI=1S/C21H27N7O4S.C16H21N5O4S.C13H17N3/c1-13(2)16-8-7-14(15-11-22-27(5)12-15)9-17(16)23-21(30)25-33(31,32)19-10-18(28(6)24-19)20(29)26(3)4;1-18(2)12-6-8-21(9-7-12)16(23)17-26(24,25)13-10-14(20(5)11-13)15(22)19(3)4;1-9(2)12-5-4-10(6-13(12)14)11-7-15-16(3)8-11/h7-13H,1-6H3,(H2,23,25,30);6-11H,1-5H3;4-9H,14H2,1-3H3. The van der Waals surface area contributed by atoms with Gasteiger partial charge in [-0.05, 0) is 52.3 Å². The van der Waals surface area contributed by atoms with Gasteiger partial charge >= 0.3 is 16.1 Å². The second-order valence-corrected chi connectivity index (χ2v) is 21.8. The van der Waals surface area contributed by atoms with Gasteiger partial charge in [-0.1, -0.05) is 52.0 Å². The van der Waals surface area contributed by atoms with E-state index in [9.17, 15) is 36.3 Å². The van der Waals surface area contributed by atoms with Crippen molar-refractivity contribution in [3.63, 3.8) is 0 Å². The minimum Gasteiger partial charge on any atom is -0.806 e. The summed E-state index contributed by atoms with van der Waals surface area (Å²) in [5.41, 5.74) is 14.4. The molecule has 0 saturated heterocycles. The van der Waals surface area contributed by atoms with Gasteiger partial charge in [0.1, 0.15) is 16.3 Å². The Morgan fingerprint density at radius 1 is 0.693 bits per heavy atom. The molecule has 23 nitrogen and oxygen atoms in total. The number of nitrogens with zero attached hydrogens (tertiary/aromatic N) is 12. The molecule has 4 amide bonds. The Bertz CT molecular complexity index is 3440. The molecule has 0 bridgehead atoms. The molecule has 0 spiro atoms. The number of nitrogens with one attached hydrogen (secondary N) is 2. The number of hydrogen-bond acceptors (Lipinski definition) is 13. The molecule has 0 aliphatic rings. The number of urea groups is 1. The highest BCUT2D eigenvalue weighted by Gasteiger charge is 2.27. The number of carbonyl (C=O) groups excluding carboxylic acids is 3. The number of aryl methyl sites for hydroxylation is 4. The molecule has 2 aromatic carbocycles. The predicted molar refractivity (Wildman–Crippen MR) is 285 cm³/mol. The Balaban J connectivity index is 0.000000220. The van der Waals surface area contributed by atoms with E-state index in [0.29, 0.717) is 11.6 Å². The maximum Gasteiger partial charge on any atom is 0.370 e. The molecule has 0 atom stereocenters. The molecule has 0 aliphatic carbocycles. The summed E-state index contributed by atoms with van der Waals surface area (Å²) in [6.45, 7) is 8.23. The molecule has 0 saturated carbocycles. The monoisotopic (exact) mass is 1070 g/mol. The number of amides is 4. The average Bonchev–Trinajstić information content (AvgIpc) is 4.16. The topological polar surface area (TPSA) is 277 Å². The minimum atomic E-state index is -4.31. The van der Waals surface area contributed by atoms with Gasteiger partial charge in [0, 0.05) is 140 Å². The first-order chi connectivity index (χ1) is 35.0. The van der Waals surface area contributed by atoms with E-state index in [0.717, 1.165) is 54.5 Å². The molecular weight excluding hydrogens is 1000 g/mol. The van der Waals surface area contributed by atoms with Gasteiger partial charge in [0.2, 0.25) is 0 Å². The molecule has 0 unspecified atom stereocenters. The highest BCUT2D eigenvalue weighted by Crippen LogP contribution is 2.31. The molecule has 400 valence electrons. The van der Waals surface area contributed by atoms with Crippen LogP contribution in [0.4, 0.5) is 21.9 Å². The largest absolute Gasteiger partial charge is 0.806 e. The molecule has 7 aromatic rings. The summed E-state index contributed by atoms with van der Waals surface area (Å²) >= 11 is 0. The van der Waals surface area contributed by atoms with Gasteiger partial charge in [-0.15, -0.1) is 0 Å². The normalized spacial score (nSPS) is 11.6. The van der Waals surface area contributed by atoms with Crippen LogP contribution in [-0.2, 0) is 48.2 Å². The van der Waals surface area contributed by atoms with Gasteiger partial charge in [-0.2, -0.15) is 32.1 Å². The molecular formula is C50H65N15O8S2. The second-order valence-electron chi connectivity index (χ2n) is 18.6. The number of rotatable bonds is 12. The third kappa shape index (κ3) is 14.5. The predicted octanol–water partition coefficient (Wildman–Crippen LogP) is 3.98. The first-order valence-corrected chi connectivity index (χ1v) is 26.1. The van der Waals surface area contributed by atoms with E-state index in [-0.39, 0.29) is 28.1 Å². The number of carbonyl (C=O) groups is 3. The van der Waals surface area contributed by atoms with Gasteiger partial charge in [0.25, 0.3) is 27.9 Å². The van der Waals surface area contributed by atoms with Crippen LogP contribution in [0.15, 0.2) is 118 Å². The summed E-state index contributed by atoms with van der Waals surface area (Å²) < 4.78 is 62.6. The highest BCUT2D eigenvalue weighted by molar-refractivity contribution is 7.90. The van der Waals surface area contributed by atoms with Crippen molar-refractivity contribution in [3.8, 4) is 22.3 Å². The number of anilines is 3. The number of hydrogen-bond donors (Lipinski definition) is 3. The third-order valence-electron chi connectivity index (χ3n) is 11.3.